The molecule has 0 heterocycles. The molecule has 0 aliphatic carbocycles. The molecular formula is C16H16Cl2N2O. The molecule has 2 N–H and O–H groups in total. The van der Waals surface area contributed by atoms with E-state index in [0.29, 0.717) is 10.0 Å². The van der Waals surface area contributed by atoms with Gasteiger partial charge in [0, 0.05) is 15.7 Å². The molecule has 0 aromatic heterocycles. The maximum absolute atomic E-state index is 12.0. The van der Waals surface area contributed by atoms with Crippen LogP contribution < -0.4 is 10.6 Å². The van der Waals surface area contributed by atoms with Crippen LogP contribution in [0.3, 0.4) is 0 Å². The number of nitrogens with one attached hydrogen (secondary N) is 2. The molecule has 0 bridgehead atoms. The Balaban J connectivity index is 2.02. The molecule has 0 spiro atoms. The van der Waals surface area contributed by atoms with Gasteiger partial charge in [-0.2, -0.15) is 0 Å². The molecule has 3 nitrogen and oxygen atoms in total. The van der Waals surface area contributed by atoms with E-state index in [1.165, 1.54) is 0 Å². The lowest BCUT2D eigenvalue weighted by Crippen LogP contribution is -2.31. The first-order valence-corrected chi connectivity index (χ1v) is 7.30. The second kappa shape index (κ2) is 6.83. The van der Waals surface area contributed by atoms with Gasteiger partial charge in [-0.25, -0.2) is 4.79 Å². The summed E-state index contributed by atoms with van der Waals surface area (Å²) in [6.45, 7) is 3.84. The molecular weight excluding hydrogens is 307 g/mol. The summed E-state index contributed by atoms with van der Waals surface area (Å²) in [7, 11) is 0. The average molecular weight is 323 g/mol. The molecule has 0 aliphatic heterocycles. The molecule has 0 unspecified atom stereocenters. The monoisotopic (exact) mass is 322 g/mol. The Kier molecular flexibility index (Phi) is 5.10. The van der Waals surface area contributed by atoms with E-state index in [1.54, 1.807) is 12.1 Å². The quantitative estimate of drug-likeness (QED) is 0.802. The number of hydrogen-bond donors (Lipinski definition) is 2. The van der Waals surface area contributed by atoms with Crippen molar-refractivity contribution in [2.45, 2.75) is 19.9 Å². The zero-order valence-electron chi connectivity index (χ0n) is 11.8. The molecule has 0 radical (unpaired) electrons. The van der Waals surface area contributed by atoms with Crippen molar-refractivity contribution < 1.29 is 4.79 Å². The van der Waals surface area contributed by atoms with Crippen molar-refractivity contribution in [3.63, 3.8) is 0 Å². The van der Waals surface area contributed by atoms with E-state index in [-0.39, 0.29) is 12.1 Å². The number of aryl methyl sites for hydroxylation is 1. The van der Waals surface area contributed by atoms with E-state index < -0.39 is 0 Å². The molecule has 21 heavy (non-hydrogen) atoms. The van der Waals surface area contributed by atoms with Crippen molar-refractivity contribution in [3.05, 3.63) is 63.6 Å². The first-order chi connectivity index (χ1) is 9.95. The Labute approximate surface area is 134 Å². The average Bonchev–Trinajstić information content (AvgIpc) is 2.38. The number of benzene rings is 2. The molecule has 110 valence electrons. The summed E-state index contributed by atoms with van der Waals surface area (Å²) < 4.78 is 0. The van der Waals surface area contributed by atoms with Crippen LogP contribution in [0.2, 0.25) is 10.0 Å². The second-order valence-electron chi connectivity index (χ2n) is 4.86. The first kappa shape index (κ1) is 15.7. The number of urea groups is 1. The van der Waals surface area contributed by atoms with Crippen molar-refractivity contribution in [1.82, 2.24) is 5.32 Å². The molecule has 0 aliphatic rings. The molecule has 1 atom stereocenters. The minimum atomic E-state index is -0.279. The highest BCUT2D eigenvalue weighted by atomic mass is 35.5. The minimum Gasteiger partial charge on any atom is -0.331 e. The Morgan fingerprint density at radius 2 is 1.90 bits per heavy atom. The van der Waals surface area contributed by atoms with Gasteiger partial charge in [0.25, 0.3) is 0 Å². The van der Waals surface area contributed by atoms with Crippen LogP contribution >= 0.6 is 23.2 Å². The fourth-order valence-corrected chi connectivity index (χ4v) is 2.59. The summed E-state index contributed by atoms with van der Waals surface area (Å²) >= 11 is 12.0. The summed E-state index contributed by atoms with van der Waals surface area (Å²) in [5.41, 5.74) is 2.66. The van der Waals surface area contributed by atoms with Gasteiger partial charge in [-0.1, -0.05) is 41.4 Å². The summed E-state index contributed by atoms with van der Waals surface area (Å²) in [5, 5.41) is 6.74. The van der Waals surface area contributed by atoms with Gasteiger partial charge < -0.3 is 10.6 Å². The van der Waals surface area contributed by atoms with E-state index in [9.17, 15) is 4.79 Å². The van der Waals surface area contributed by atoms with Crippen LogP contribution in [0.4, 0.5) is 10.5 Å². The number of carbonyl (C=O) groups is 1. The predicted molar refractivity (Wildman–Crippen MR) is 88.2 cm³/mol. The molecule has 2 aromatic carbocycles. The van der Waals surface area contributed by atoms with Crippen LogP contribution in [-0.4, -0.2) is 6.03 Å². The zero-order chi connectivity index (χ0) is 15.4. The van der Waals surface area contributed by atoms with Gasteiger partial charge in [0.15, 0.2) is 0 Å². The van der Waals surface area contributed by atoms with Gasteiger partial charge in [-0.05, 0) is 49.2 Å². The van der Waals surface area contributed by atoms with E-state index in [0.717, 1.165) is 16.8 Å². The number of amides is 2. The number of hydrogen-bond acceptors (Lipinski definition) is 1. The minimum absolute atomic E-state index is 0.223. The van der Waals surface area contributed by atoms with Gasteiger partial charge in [0.1, 0.15) is 0 Å². The van der Waals surface area contributed by atoms with E-state index >= 15 is 0 Å². The summed E-state index contributed by atoms with van der Waals surface area (Å²) in [6.07, 6.45) is 0. The molecule has 2 amide bonds. The van der Waals surface area contributed by atoms with Crippen LogP contribution in [0.5, 0.6) is 0 Å². The Hall–Kier alpha value is -1.71. The van der Waals surface area contributed by atoms with Crippen LogP contribution in [0.1, 0.15) is 24.1 Å². The lowest BCUT2D eigenvalue weighted by Gasteiger charge is -2.16. The second-order valence-corrected chi connectivity index (χ2v) is 5.70. The van der Waals surface area contributed by atoms with Gasteiger partial charge in [0.05, 0.1) is 6.04 Å². The molecule has 0 saturated carbocycles. The summed E-state index contributed by atoms with van der Waals surface area (Å²) in [6, 6.07) is 12.3. The lowest BCUT2D eigenvalue weighted by atomic mass is 10.1. The van der Waals surface area contributed by atoms with Crippen LogP contribution in [0.25, 0.3) is 0 Å². The van der Waals surface area contributed by atoms with Gasteiger partial charge in [-0.3, -0.25) is 0 Å². The smallest absolute Gasteiger partial charge is 0.319 e. The van der Waals surface area contributed by atoms with Crippen molar-refractivity contribution in [2.24, 2.45) is 0 Å². The first-order valence-electron chi connectivity index (χ1n) is 6.55. The van der Waals surface area contributed by atoms with Crippen molar-refractivity contribution in [2.75, 3.05) is 5.32 Å². The molecule has 0 fully saturated rings. The van der Waals surface area contributed by atoms with Crippen LogP contribution in [0.15, 0.2) is 42.5 Å². The maximum Gasteiger partial charge on any atom is 0.319 e. The third-order valence-corrected chi connectivity index (χ3v) is 3.61. The van der Waals surface area contributed by atoms with Gasteiger partial charge >= 0.3 is 6.03 Å². The van der Waals surface area contributed by atoms with Crippen molar-refractivity contribution in [1.29, 1.82) is 0 Å². The normalized spacial score (nSPS) is 11.8. The SMILES string of the molecule is Cc1cccc(NC(=O)N[C@H](C)c2ccc(Cl)cc2Cl)c1. The highest BCUT2D eigenvalue weighted by Crippen LogP contribution is 2.26. The Morgan fingerprint density at radius 1 is 1.14 bits per heavy atom. The van der Waals surface area contributed by atoms with Gasteiger partial charge in [-0.15, -0.1) is 0 Å². The van der Waals surface area contributed by atoms with Crippen LogP contribution in [-0.2, 0) is 0 Å². The highest BCUT2D eigenvalue weighted by Gasteiger charge is 2.13. The third-order valence-electron chi connectivity index (χ3n) is 3.05. The van der Waals surface area contributed by atoms with E-state index in [2.05, 4.69) is 10.6 Å². The summed E-state index contributed by atoms with van der Waals surface area (Å²) in [5.74, 6) is 0. The van der Waals surface area contributed by atoms with Gasteiger partial charge in [0.2, 0.25) is 0 Å². The standard InChI is InChI=1S/C16H16Cl2N2O/c1-10-4-3-5-13(8-10)20-16(21)19-11(2)14-7-6-12(17)9-15(14)18/h3-9,11H,1-2H3,(H2,19,20,21)/t11-/m1/s1. The largest absolute Gasteiger partial charge is 0.331 e. The Bertz CT molecular complexity index is 658. The lowest BCUT2D eigenvalue weighted by molar-refractivity contribution is 0.249. The van der Waals surface area contributed by atoms with Crippen LogP contribution in [0, 0.1) is 6.92 Å². The third kappa shape index (κ3) is 4.38. The number of carbonyl (C=O) groups excluding carboxylic acids is 1. The number of anilines is 1. The maximum atomic E-state index is 12.0. The molecule has 2 rings (SSSR count). The topological polar surface area (TPSA) is 41.1 Å². The fraction of sp³-hybridized carbons (Fsp3) is 0.188. The summed E-state index contributed by atoms with van der Waals surface area (Å²) in [4.78, 5) is 12.0. The van der Waals surface area contributed by atoms with E-state index in [4.69, 9.17) is 23.2 Å². The molecule has 2 aromatic rings. The van der Waals surface area contributed by atoms with Crippen molar-refractivity contribution in [3.8, 4) is 0 Å². The number of rotatable bonds is 3. The van der Waals surface area contributed by atoms with Crippen molar-refractivity contribution >= 4 is 34.9 Å². The molecule has 0 saturated heterocycles. The Morgan fingerprint density at radius 3 is 2.57 bits per heavy atom. The zero-order valence-corrected chi connectivity index (χ0v) is 13.3. The fourth-order valence-electron chi connectivity index (χ4n) is 2.02. The van der Waals surface area contributed by atoms with E-state index in [1.807, 2.05) is 44.2 Å². The predicted octanol–water partition coefficient (Wildman–Crippen LogP) is 5.18. The number of halogens is 2. The highest BCUT2D eigenvalue weighted by molar-refractivity contribution is 6.35. The molecule has 5 heteroatoms.